The van der Waals surface area contributed by atoms with Gasteiger partial charge in [-0.25, -0.2) is 4.79 Å². The van der Waals surface area contributed by atoms with Gasteiger partial charge in [0.15, 0.2) is 11.5 Å². The number of methoxy groups -OCH3 is 1. The number of H-pyrrole nitrogens is 1. The second kappa shape index (κ2) is 10.7. The predicted molar refractivity (Wildman–Crippen MR) is 127 cm³/mol. The van der Waals surface area contributed by atoms with Crippen LogP contribution in [0.1, 0.15) is 11.1 Å². The number of carbonyl (C=O) groups is 1. The zero-order valence-electron chi connectivity index (χ0n) is 18.8. The van der Waals surface area contributed by atoms with Gasteiger partial charge in [0.1, 0.15) is 24.7 Å². The summed E-state index contributed by atoms with van der Waals surface area (Å²) in [5, 5.41) is 5.80. The van der Waals surface area contributed by atoms with E-state index in [0.29, 0.717) is 36.8 Å². The Morgan fingerprint density at radius 3 is 2.59 bits per heavy atom. The van der Waals surface area contributed by atoms with E-state index in [1.165, 1.54) is 11.7 Å². The number of nitrogens with zero attached hydrogens (tertiary/aromatic N) is 1. The first kappa shape index (κ1) is 23.1. The summed E-state index contributed by atoms with van der Waals surface area (Å²) in [5.74, 6) is 0.903. The molecule has 3 aromatic rings. The number of ether oxygens (including phenoxy) is 3. The third kappa shape index (κ3) is 5.46. The maximum absolute atomic E-state index is 13.0. The molecule has 10 heteroatoms. The molecule has 1 aromatic heterocycles. The fraction of sp³-hybridized carbons (Fsp3) is 0.292. The average Bonchev–Trinajstić information content (AvgIpc) is 2.84. The first-order chi connectivity index (χ1) is 16.5. The molecule has 0 radical (unpaired) electrons. The lowest BCUT2D eigenvalue weighted by molar-refractivity contribution is -0.115. The molecular weight excluding hydrogens is 440 g/mol. The summed E-state index contributed by atoms with van der Waals surface area (Å²) < 4.78 is 17.5. The third-order valence-corrected chi connectivity index (χ3v) is 5.26. The second-order valence-electron chi connectivity index (χ2n) is 7.67. The fourth-order valence-electron chi connectivity index (χ4n) is 3.61. The predicted octanol–water partition coefficient (Wildman–Crippen LogP) is 1.75. The van der Waals surface area contributed by atoms with Gasteiger partial charge < -0.3 is 24.8 Å². The van der Waals surface area contributed by atoms with E-state index < -0.39 is 17.2 Å². The highest BCUT2D eigenvalue weighted by atomic mass is 16.6. The Kier molecular flexibility index (Phi) is 7.28. The van der Waals surface area contributed by atoms with Crippen molar-refractivity contribution >= 4 is 17.4 Å². The van der Waals surface area contributed by atoms with Gasteiger partial charge in [0.25, 0.3) is 5.56 Å². The molecule has 0 aliphatic carbocycles. The van der Waals surface area contributed by atoms with E-state index in [1.807, 2.05) is 30.3 Å². The summed E-state index contributed by atoms with van der Waals surface area (Å²) in [6.45, 7) is 1.61. The van der Waals surface area contributed by atoms with Crippen molar-refractivity contribution in [2.45, 2.75) is 19.5 Å². The van der Waals surface area contributed by atoms with Crippen LogP contribution in [-0.4, -0.2) is 42.4 Å². The number of benzene rings is 2. The van der Waals surface area contributed by atoms with E-state index in [0.717, 1.165) is 5.56 Å². The number of hydrogen-bond donors (Lipinski definition) is 3. The van der Waals surface area contributed by atoms with Crippen molar-refractivity contribution in [1.82, 2.24) is 9.55 Å². The normalized spacial score (nSPS) is 12.3. The molecule has 0 unspecified atom stereocenters. The Morgan fingerprint density at radius 2 is 1.82 bits per heavy atom. The van der Waals surface area contributed by atoms with E-state index in [1.54, 1.807) is 18.2 Å². The number of rotatable bonds is 9. The molecule has 0 spiro atoms. The van der Waals surface area contributed by atoms with Gasteiger partial charge in [-0.1, -0.05) is 36.4 Å². The van der Waals surface area contributed by atoms with Crippen molar-refractivity contribution in [2.75, 3.05) is 37.6 Å². The SMILES string of the molecule is COCCn1c(NC(=O)Cc2ccc3c(c2)OCCO3)c(NCc2ccccc2)c(=O)[nH]c1=O. The van der Waals surface area contributed by atoms with Crippen molar-refractivity contribution in [3.05, 3.63) is 80.5 Å². The smallest absolute Gasteiger partial charge is 0.330 e. The Bertz CT molecular complexity index is 1270. The number of fused-ring (bicyclic) bond motifs is 1. The van der Waals surface area contributed by atoms with Crippen LogP contribution >= 0.6 is 0 Å². The molecule has 0 saturated heterocycles. The molecule has 0 fully saturated rings. The van der Waals surface area contributed by atoms with Gasteiger partial charge in [0, 0.05) is 13.7 Å². The minimum atomic E-state index is -0.637. The third-order valence-electron chi connectivity index (χ3n) is 5.26. The van der Waals surface area contributed by atoms with Crippen molar-refractivity contribution in [3.63, 3.8) is 0 Å². The molecule has 0 saturated carbocycles. The van der Waals surface area contributed by atoms with Crippen molar-refractivity contribution in [3.8, 4) is 11.5 Å². The van der Waals surface area contributed by atoms with Crippen LogP contribution in [0.4, 0.5) is 11.5 Å². The number of aromatic nitrogens is 2. The molecule has 2 aromatic carbocycles. The Hall–Kier alpha value is -4.05. The van der Waals surface area contributed by atoms with Crippen LogP contribution < -0.4 is 31.4 Å². The van der Waals surface area contributed by atoms with Gasteiger partial charge in [-0.15, -0.1) is 0 Å². The largest absolute Gasteiger partial charge is 0.486 e. The molecule has 0 atom stereocenters. The van der Waals surface area contributed by atoms with Gasteiger partial charge in [0.05, 0.1) is 19.6 Å². The van der Waals surface area contributed by atoms with Crippen LogP contribution in [0.2, 0.25) is 0 Å². The molecule has 2 heterocycles. The summed E-state index contributed by atoms with van der Waals surface area (Å²) in [4.78, 5) is 40.5. The minimum absolute atomic E-state index is 0.0139. The molecule has 34 heavy (non-hydrogen) atoms. The van der Waals surface area contributed by atoms with Gasteiger partial charge in [-0.05, 0) is 23.3 Å². The Labute approximate surface area is 195 Å². The van der Waals surface area contributed by atoms with Crippen LogP contribution in [-0.2, 0) is 29.0 Å². The summed E-state index contributed by atoms with van der Waals surface area (Å²) in [6, 6.07) is 14.8. The van der Waals surface area contributed by atoms with Crippen LogP contribution in [0.15, 0.2) is 58.1 Å². The van der Waals surface area contributed by atoms with Crippen LogP contribution in [0.5, 0.6) is 11.5 Å². The number of hydrogen-bond acceptors (Lipinski definition) is 7. The molecule has 1 amide bonds. The van der Waals surface area contributed by atoms with Gasteiger partial charge in [-0.3, -0.25) is 19.1 Å². The maximum Gasteiger partial charge on any atom is 0.330 e. The van der Waals surface area contributed by atoms with Gasteiger partial charge in [0.2, 0.25) is 5.91 Å². The topological polar surface area (TPSA) is 124 Å². The lowest BCUT2D eigenvalue weighted by Gasteiger charge is -2.19. The van der Waals surface area contributed by atoms with Crippen LogP contribution in [0.25, 0.3) is 0 Å². The fourth-order valence-corrected chi connectivity index (χ4v) is 3.61. The minimum Gasteiger partial charge on any atom is -0.486 e. The highest BCUT2D eigenvalue weighted by Crippen LogP contribution is 2.31. The zero-order chi connectivity index (χ0) is 23.9. The lowest BCUT2D eigenvalue weighted by atomic mass is 10.1. The molecule has 3 N–H and O–H groups in total. The molecule has 10 nitrogen and oxygen atoms in total. The molecule has 178 valence electrons. The van der Waals surface area contributed by atoms with E-state index in [2.05, 4.69) is 15.6 Å². The Morgan fingerprint density at radius 1 is 1.06 bits per heavy atom. The number of nitrogens with one attached hydrogen (secondary N) is 3. The molecule has 1 aliphatic rings. The average molecular weight is 466 g/mol. The molecule has 0 bridgehead atoms. The number of carbonyl (C=O) groups excluding carboxylic acids is 1. The molecule has 1 aliphatic heterocycles. The summed E-state index contributed by atoms with van der Waals surface area (Å²) in [7, 11) is 1.51. The standard InChI is InChI=1S/C24H26N4O6/c1-32-10-9-28-22(21(23(30)27-24(28)31)25-15-16-5-3-2-4-6-16)26-20(29)14-17-7-8-18-19(13-17)34-12-11-33-18/h2-8,13,25H,9-12,14-15H2,1H3,(H,26,29)(H,27,30,31). The van der Waals surface area contributed by atoms with E-state index in [4.69, 9.17) is 14.2 Å². The second-order valence-corrected chi connectivity index (χ2v) is 7.67. The van der Waals surface area contributed by atoms with E-state index in [9.17, 15) is 14.4 Å². The first-order valence-electron chi connectivity index (χ1n) is 10.9. The van der Waals surface area contributed by atoms with Crippen molar-refractivity contribution in [2.24, 2.45) is 0 Å². The summed E-state index contributed by atoms with van der Waals surface area (Å²) in [5.41, 5.74) is 0.475. The quantitative estimate of drug-likeness (QED) is 0.439. The first-order valence-corrected chi connectivity index (χ1v) is 10.9. The number of anilines is 2. The lowest BCUT2D eigenvalue weighted by Crippen LogP contribution is -2.36. The van der Waals surface area contributed by atoms with Crippen LogP contribution in [0.3, 0.4) is 0 Å². The molecule has 4 rings (SSSR count). The highest BCUT2D eigenvalue weighted by molar-refractivity contribution is 5.94. The van der Waals surface area contributed by atoms with Gasteiger partial charge in [-0.2, -0.15) is 0 Å². The maximum atomic E-state index is 13.0. The van der Waals surface area contributed by atoms with Gasteiger partial charge >= 0.3 is 5.69 Å². The number of amides is 1. The monoisotopic (exact) mass is 466 g/mol. The zero-order valence-corrected chi connectivity index (χ0v) is 18.8. The molecular formula is C24H26N4O6. The van der Waals surface area contributed by atoms with Crippen molar-refractivity contribution in [1.29, 1.82) is 0 Å². The Balaban J connectivity index is 1.60. The van der Waals surface area contributed by atoms with Crippen molar-refractivity contribution < 1.29 is 19.0 Å². The van der Waals surface area contributed by atoms with E-state index >= 15 is 0 Å². The number of aromatic amines is 1. The van der Waals surface area contributed by atoms with Crippen LogP contribution in [0, 0.1) is 0 Å². The van der Waals surface area contributed by atoms with E-state index in [-0.39, 0.29) is 31.1 Å². The highest BCUT2D eigenvalue weighted by Gasteiger charge is 2.19. The summed E-state index contributed by atoms with van der Waals surface area (Å²) >= 11 is 0. The summed E-state index contributed by atoms with van der Waals surface area (Å²) in [6.07, 6.45) is 0.0139.